The topological polar surface area (TPSA) is 84.0 Å². The highest BCUT2D eigenvalue weighted by atomic mass is 16.5. The number of rotatable bonds is 14. The first-order valence-corrected chi connectivity index (χ1v) is 9.03. The van der Waals surface area contributed by atoms with Crippen LogP contribution in [0.15, 0.2) is 4.99 Å². The first kappa shape index (κ1) is 22.7. The SMILES string of the molecule is CCCCOCCOCCNC(=NC)NCCC(=O)NC(C)CC. The lowest BCUT2D eigenvalue weighted by atomic mass is 10.2. The first-order chi connectivity index (χ1) is 11.6. The molecule has 0 saturated carbocycles. The molecule has 0 bridgehead atoms. The van der Waals surface area contributed by atoms with Gasteiger partial charge in [-0.1, -0.05) is 20.3 Å². The Bertz CT molecular complexity index is 338. The third kappa shape index (κ3) is 14.3. The molecule has 0 radical (unpaired) electrons. The van der Waals surface area contributed by atoms with E-state index in [4.69, 9.17) is 9.47 Å². The smallest absolute Gasteiger partial charge is 0.221 e. The second-order valence-electron chi connectivity index (χ2n) is 5.63. The van der Waals surface area contributed by atoms with Crippen molar-refractivity contribution in [2.45, 2.75) is 52.5 Å². The molecule has 0 aromatic heterocycles. The molecule has 7 nitrogen and oxygen atoms in total. The van der Waals surface area contributed by atoms with Gasteiger partial charge in [0.1, 0.15) is 0 Å². The van der Waals surface area contributed by atoms with Gasteiger partial charge in [0.25, 0.3) is 0 Å². The van der Waals surface area contributed by atoms with Crippen molar-refractivity contribution in [3.05, 3.63) is 0 Å². The Morgan fingerprint density at radius 1 is 1.04 bits per heavy atom. The Morgan fingerprint density at radius 2 is 1.71 bits per heavy atom. The van der Waals surface area contributed by atoms with Gasteiger partial charge in [0.05, 0.1) is 19.8 Å². The normalized spacial score (nSPS) is 12.8. The van der Waals surface area contributed by atoms with Gasteiger partial charge in [0.15, 0.2) is 5.96 Å². The lowest BCUT2D eigenvalue weighted by molar-refractivity contribution is -0.121. The van der Waals surface area contributed by atoms with E-state index >= 15 is 0 Å². The van der Waals surface area contributed by atoms with E-state index in [9.17, 15) is 4.79 Å². The molecular formula is C17H36N4O3. The van der Waals surface area contributed by atoms with Crippen LogP contribution in [0.2, 0.25) is 0 Å². The number of hydrogen-bond donors (Lipinski definition) is 3. The molecule has 1 atom stereocenters. The first-order valence-electron chi connectivity index (χ1n) is 9.03. The fraction of sp³-hybridized carbons (Fsp3) is 0.882. The number of nitrogens with zero attached hydrogens (tertiary/aromatic N) is 1. The number of unbranched alkanes of at least 4 members (excludes halogenated alkanes) is 1. The minimum atomic E-state index is 0.0544. The second-order valence-corrected chi connectivity index (χ2v) is 5.63. The Morgan fingerprint density at radius 3 is 2.33 bits per heavy atom. The van der Waals surface area contributed by atoms with Crippen LogP contribution in [0, 0.1) is 0 Å². The highest BCUT2D eigenvalue weighted by Gasteiger charge is 2.05. The summed E-state index contributed by atoms with van der Waals surface area (Å²) in [7, 11) is 1.71. The molecule has 0 aliphatic heterocycles. The van der Waals surface area contributed by atoms with Crippen molar-refractivity contribution in [3.63, 3.8) is 0 Å². The van der Waals surface area contributed by atoms with Crippen molar-refractivity contribution in [3.8, 4) is 0 Å². The summed E-state index contributed by atoms with van der Waals surface area (Å²) in [5.41, 5.74) is 0. The predicted molar refractivity (Wildman–Crippen MR) is 98.4 cm³/mol. The molecule has 1 unspecified atom stereocenters. The minimum absolute atomic E-state index is 0.0544. The van der Waals surface area contributed by atoms with Crippen LogP contribution in [-0.4, -0.2) is 64.5 Å². The lowest BCUT2D eigenvalue weighted by Gasteiger charge is -2.14. The van der Waals surface area contributed by atoms with Crippen LogP contribution in [0.4, 0.5) is 0 Å². The van der Waals surface area contributed by atoms with Crippen LogP contribution >= 0.6 is 0 Å². The molecule has 0 aromatic carbocycles. The molecule has 0 aliphatic rings. The van der Waals surface area contributed by atoms with Crippen LogP contribution in [0.3, 0.4) is 0 Å². The van der Waals surface area contributed by atoms with Crippen LogP contribution in [0.1, 0.15) is 46.5 Å². The Hall–Kier alpha value is -1.34. The summed E-state index contributed by atoms with van der Waals surface area (Å²) in [4.78, 5) is 15.8. The molecule has 0 saturated heterocycles. The summed E-state index contributed by atoms with van der Waals surface area (Å²) in [6.45, 7) is 10.0. The summed E-state index contributed by atoms with van der Waals surface area (Å²) in [5.74, 6) is 0.729. The van der Waals surface area contributed by atoms with Gasteiger partial charge in [-0.3, -0.25) is 9.79 Å². The summed E-state index contributed by atoms with van der Waals surface area (Å²) in [6.07, 6.45) is 3.61. The van der Waals surface area contributed by atoms with Gasteiger partial charge < -0.3 is 25.4 Å². The molecule has 1 amide bonds. The Balaban J connectivity index is 3.55. The second kappa shape index (κ2) is 16.5. The summed E-state index contributed by atoms with van der Waals surface area (Å²) >= 11 is 0. The maximum Gasteiger partial charge on any atom is 0.221 e. The molecule has 0 rings (SSSR count). The molecule has 142 valence electrons. The number of carbonyl (C=O) groups is 1. The number of guanidine groups is 1. The van der Waals surface area contributed by atoms with Crippen molar-refractivity contribution in [1.29, 1.82) is 0 Å². The van der Waals surface area contributed by atoms with E-state index in [1.54, 1.807) is 7.05 Å². The van der Waals surface area contributed by atoms with Crippen molar-refractivity contribution >= 4 is 11.9 Å². The zero-order chi connectivity index (χ0) is 18.0. The van der Waals surface area contributed by atoms with Crippen LogP contribution in [-0.2, 0) is 14.3 Å². The number of hydrogen-bond acceptors (Lipinski definition) is 4. The van der Waals surface area contributed by atoms with Crippen LogP contribution in [0.25, 0.3) is 0 Å². The molecule has 0 aromatic rings. The highest BCUT2D eigenvalue weighted by molar-refractivity contribution is 5.81. The third-order valence-electron chi connectivity index (χ3n) is 3.44. The number of nitrogens with one attached hydrogen (secondary N) is 3. The van der Waals surface area contributed by atoms with Gasteiger partial charge in [-0.05, 0) is 19.8 Å². The quantitative estimate of drug-likeness (QED) is 0.251. The fourth-order valence-corrected chi connectivity index (χ4v) is 1.77. The monoisotopic (exact) mass is 344 g/mol. The molecule has 0 spiro atoms. The number of amides is 1. The van der Waals surface area contributed by atoms with Gasteiger partial charge in [-0.2, -0.15) is 0 Å². The minimum Gasteiger partial charge on any atom is -0.379 e. The third-order valence-corrected chi connectivity index (χ3v) is 3.44. The maximum atomic E-state index is 11.7. The van der Waals surface area contributed by atoms with E-state index in [1.807, 2.05) is 13.8 Å². The molecule has 0 heterocycles. The van der Waals surface area contributed by atoms with Crippen molar-refractivity contribution in [2.75, 3.05) is 46.6 Å². The van der Waals surface area contributed by atoms with Crippen molar-refractivity contribution < 1.29 is 14.3 Å². The predicted octanol–water partition coefficient (Wildman–Crippen LogP) is 1.29. The van der Waals surface area contributed by atoms with Gasteiger partial charge in [-0.15, -0.1) is 0 Å². The zero-order valence-electron chi connectivity index (χ0n) is 15.8. The molecule has 0 aliphatic carbocycles. The average Bonchev–Trinajstić information content (AvgIpc) is 2.58. The fourth-order valence-electron chi connectivity index (χ4n) is 1.77. The van der Waals surface area contributed by atoms with E-state index < -0.39 is 0 Å². The molecule has 0 fully saturated rings. The van der Waals surface area contributed by atoms with Crippen LogP contribution < -0.4 is 16.0 Å². The van der Waals surface area contributed by atoms with E-state index in [2.05, 4.69) is 27.9 Å². The number of carbonyl (C=O) groups excluding carboxylic acids is 1. The lowest BCUT2D eigenvalue weighted by Crippen LogP contribution is -2.41. The molecule has 7 heteroatoms. The summed E-state index contributed by atoms with van der Waals surface area (Å²) in [6, 6.07) is 0.220. The Kier molecular flexibility index (Phi) is 15.6. The summed E-state index contributed by atoms with van der Waals surface area (Å²) < 4.78 is 10.9. The van der Waals surface area contributed by atoms with E-state index in [0.29, 0.717) is 45.3 Å². The summed E-state index contributed by atoms with van der Waals surface area (Å²) in [5, 5.41) is 9.20. The zero-order valence-corrected chi connectivity index (χ0v) is 15.8. The van der Waals surface area contributed by atoms with Crippen LogP contribution in [0.5, 0.6) is 0 Å². The van der Waals surface area contributed by atoms with Gasteiger partial charge in [0, 0.05) is 39.2 Å². The largest absolute Gasteiger partial charge is 0.379 e. The highest BCUT2D eigenvalue weighted by Crippen LogP contribution is 1.89. The number of aliphatic imine (C=N–C) groups is 1. The van der Waals surface area contributed by atoms with E-state index in [1.165, 1.54) is 0 Å². The van der Waals surface area contributed by atoms with E-state index in [0.717, 1.165) is 25.9 Å². The number of ether oxygens (including phenoxy) is 2. The van der Waals surface area contributed by atoms with E-state index in [-0.39, 0.29) is 11.9 Å². The Labute approximate surface area is 147 Å². The molecule has 24 heavy (non-hydrogen) atoms. The van der Waals surface area contributed by atoms with Gasteiger partial charge in [0.2, 0.25) is 5.91 Å². The van der Waals surface area contributed by atoms with Crippen molar-refractivity contribution in [2.24, 2.45) is 4.99 Å². The molecular weight excluding hydrogens is 308 g/mol. The van der Waals surface area contributed by atoms with Crippen molar-refractivity contribution in [1.82, 2.24) is 16.0 Å². The van der Waals surface area contributed by atoms with Gasteiger partial charge in [-0.25, -0.2) is 0 Å². The standard InChI is InChI=1S/C17H36N4O3/c1-5-7-11-23-13-14-24-12-10-20-17(18-4)19-9-8-16(22)21-15(3)6-2/h15H,5-14H2,1-4H3,(H,21,22)(H2,18,19,20). The molecule has 3 N–H and O–H groups in total. The maximum absolute atomic E-state index is 11.7. The average molecular weight is 345 g/mol. The van der Waals surface area contributed by atoms with Gasteiger partial charge >= 0.3 is 0 Å².